The maximum atomic E-state index is 14.0. The minimum absolute atomic E-state index is 0.108. The zero-order valence-electron chi connectivity index (χ0n) is 23.2. The van der Waals surface area contributed by atoms with Crippen LogP contribution in [0, 0.1) is 28.6 Å². The summed E-state index contributed by atoms with van der Waals surface area (Å²) >= 11 is 0. The van der Waals surface area contributed by atoms with Crippen LogP contribution < -0.4 is 0 Å². The van der Waals surface area contributed by atoms with Crippen molar-refractivity contribution in [1.82, 2.24) is 0 Å². The van der Waals surface area contributed by atoms with E-state index in [9.17, 15) is 19.2 Å². The summed E-state index contributed by atoms with van der Waals surface area (Å²) < 4.78 is 22.3. The molecule has 1 saturated heterocycles. The second kappa shape index (κ2) is 11.6. The summed E-state index contributed by atoms with van der Waals surface area (Å²) in [5, 5.41) is 0. The van der Waals surface area contributed by atoms with Gasteiger partial charge in [0.25, 0.3) is 0 Å². The van der Waals surface area contributed by atoms with Crippen LogP contribution in [0.1, 0.15) is 104 Å². The fraction of sp³-hybridized carbons (Fsp3) is 0.733. The predicted octanol–water partition coefficient (Wildman–Crippen LogP) is 5.73. The number of rotatable bonds is 10. The molecule has 2 heterocycles. The van der Waals surface area contributed by atoms with Crippen LogP contribution in [0.25, 0.3) is 0 Å². The molecule has 210 valence electrons. The molecule has 8 nitrogen and oxygen atoms in total. The van der Waals surface area contributed by atoms with Crippen LogP contribution in [-0.2, 0) is 33.4 Å². The number of unbranched alkanes of at least 4 members (excludes halogenated alkanes) is 5. The number of ketones is 1. The number of carbonyl (C=O) groups excluding carboxylic acids is 4. The van der Waals surface area contributed by atoms with E-state index < -0.39 is 46.8 Å². The van der Waals surface area contributed by atoms with E-state index in [0.717, 1.165) is 24.8 Å². The zero-order valence-corrected chi connectivity index (χ0v) is 23.2. The van der Waals surface area contributed by atoms with Gasteiger partial charge in [-0.25, -0.2) is 0 Å². The molecule has 0 radical (unpaired) electrons. The first-order valence-electron chi connectivity index (χ1n) is 14.2. The number of carbonyl (C=O) groups is 4. The molecule has 4 rings (SSSR count). The summed E-state index contributed by atoms with van der Waals surface area (Å²) in [5.74, 6) is -3.22. The SMILES string of the molecule is CCCCCCCCOC(=O)[C@@H]1C[C@H](OC(C)=O)C(=O)[C@H]2[C@@]1(C)CC[C@H]1C(=O)O[C@H](c3ccoc3)C[C@]21C. The van der Waals surface area contributed by atoms with Gasteiger partial charge in [-0.3, -0.25) is 19.2 Å². The van der Waals surface area contributed by atoms with Crippen LogP contribution in [0.5, 0.6) is 0 Å². The highest BCUT2D eigenvalue weighted by molar-refractivity contribution is 5.93. The van der Waals surface area contributed by atoms with E-state index in [-0.39, 0.29) is 24.1 Å². The number of furan rings is 1. The molecule has 0 amide bonds. The molecule has 1 aromatic rings. The summed E-state index contributed by atoms with van der Waals surface area (Å²) in [6.45, 7) is 7.72. The Morgan fingerprint density at radius 3 is 2.50 bits per heavy atom. The molecule has 3 aliphatic rings. The van der Waals surface area contributed by atoms with Crippen molar-refractivity contribution >= 4 is 23.7 Å². The largest absolute Gasteiger partial charge is 0.472 e. The smallest absolute Gasteiger partial charge is 0.310 e. The van der Waals surface area contributed by atoms with Gasteiger partial charge < -0.3 is 18.6 Å². The van der Waals surface area contributed by atoms with E-state index >= 15 is 0 Å². The van der Waals surface area contributed by atoms with E-state index in [1.54, 1.807) is 12.3 Å². The summed E-state index contributed by atoms with van der Waals surface area (Å²) in [6.07, 6.45) is 9.54. The van der Waals surface area contributed by atoms with Crippen molar-refractivity contribution in [2.75, 3.05) is 6.61 Å². The minimum Gasteiger partial charge on any atom is -0.472 e. The normalized spacial score (nSPS) is 34.6. The van der Waals surface area contributed by atoms with Crippen molar-refractivity contribution in [3.63, 3.8) is 0 Å². The number of hydrogen-bond donors (Lipinski definition) is 0. The van der Waals surface area contributed by atoms with Gasteiger partial charge in [-0.1, -0.05) is 52.9 Å². The van der Waals surface area contributed by atoms with Gasteiger partial charge in [0, 0.05) is 24.8 Å². The molecule has 2 aliphatic carbocycles. The zero-order chi connectivity index (χ0) is 27.5. The molecular formula is C30H42O8. The maximum Gasteiger partial charge on any atom is 0.310 e. The molecule has 3 fully saturated rings. The van der Waals surface area contributed by atoms with Gasteiger partial charge in [0.15, 0.2) is 11.9 Å². The standard InChI is InChI=1S/C30H42O8/c1-5-6-7-8-9-10-14-36-27(33)22-16-23(37-19(2)31)25(32)26-29(22,3)13-11-21-28(34)38-24(17-30(21,26)4)20-12-15-35-18-20/h12,15,18,21-24,26H,5-11,13-14,16-17H2,1-4H3/t21-,22-,23-,24-,26-,29-,30-/m0/s1. The van der Waals surface area contributed by atoms with E-state index in [1.165, 1.54) is 32.4 Å². The Morgan fingerprint density at radius 2 is 1.82 bits per heavy atom. The van der Waals surface area contributed by atoms with Gasteiger partial charge >= 0.3 is 17.9 Å². The summed E-state index contributed by atoms with van der Waals surface area (Å²) in [5.41, 5.74) is -0.770. The second-order valence-corrected chi connectivity index (χ2v) is 11.9. The molecule has 0 bridgehead atoms. The van der Waals surface area contributed by atoms with Crippen molar-refractivity contribution in [1.29, 1.82) is 0 Å². The number of cyclic esters (lactones) is 1. The van der Waals surface area contributed by atoms with Crippen LogP contribution in [0.15, 0.2) is 23.0 Å². The molecular weight excluding hydrogens is 488 g/mol. The minimum atomic E-state index is -1.04. The molecule has 0 unspecified atom stereocenters. The van der Waals surface area contributed by atoms with Gasteiger partial charge in [-0.05, 0) is 42.6 Å². The van der Waals surface area contributed by atoms with Gasteiger partial charge in [0.2, 0.25) is 0 Å². The first-order valence-corrected chi connectivity index (χ1v) is 14.2. The van der Waals surface area contributed by atoms with Crippen molar-refractivity contribution in [3.05, 3.63) is 24.2 Å². The molecule has 0 aromatic carbocycles. The number of fused-ring (bicyclic) bond motifs is 3. The van der Waals surface area contributed by atoms with Crippen LogP contribution in [0.3, 0.4) is 0 Å². The monoisotopic (exact) mass is 530 g/mol. The number of ether oxygens (including phenoxy) is 3. The van der Waals surface area contributed by atoms with Gasteiger partial charge in [0.1, 0.15) is 6.10 Å². The Morgan fingerprint density at radius 1 is 1.08 bits per heavy atom. The summed E-state index contributed by atoms with van der Waals surface area (Å²) in [4.78, 5) is 52.7. The lowest BCUT2D eigenvalue weighted by Crippen LogP contribution is -2.64. The second-order valence-electron chi connectivity index (χ2n) is 11.9. The molecule has 1 aliphatic heterocycles. The lowest BCUT2D eigenvalue weighted by molar-refractivity contribution is -0.210. The molecule has 8 heteroatoms. The van der Waals surface area contributed by atoms with Crippen LogP contribution >= 0.6 is 0 Å². The van der Waals surface area contributed by atoms with Crippen molar-refractivity contribution in [2.45, 2.75) is 104 Å². The Bertz CT molecular complexity index is 1020. The quantitative estimate of drug-likeness (QED) is 0.214. The summed E-state index contributed by atoms with van der Waals surface area (Å²) in [7, 11) is 0. The van der Waals surface area contributed by atoms with E-state index in [1.807, 2.05) is 13.8 Å². The highest BCUT2D eigenvalue weighted by Crippen LogP contribution is 2.65. The Kier molecular flexibility index (Phi) is 8.68. The molecule has 1 aromatic heterocycles. The lowest BCUT2D eigenvalue weighted by Gasteiger charge is -2.61. The third-order valence-corrected chi connectivity index (χ3v) is 9.35. The van der Waals surface area contributed by atoms with Gasteiger partial charge in [-0.2, -0.15) is 0 Å². The fourth-order valence-corrected chi connectivity index (χ4v) is 7.48. The first kappa shape index (κ1) is 28.4. The molecule has 0 N–H and O–H groups in total. The maximum absolute atomic E-state index is 14.0. The summed E-state index contributed by atoms with van der Waals surface area (Å²) in [6, 6.07) is 1.76. The third-order valence-electron chi connectivity index (χ3n) is 9.35. The molecule has 0 spiro atoms. The highest BCUT2D eigenvalue weighted by Gasteiger charge is 2.67. The number of Topliss-reactive ketones (excluding diaryl/α,β-unsaturated/α-hetero) is 1. The van der Waals surface area contributed by atoms with Gasteiger partial charge in [0.05, 0.1) is 31.0 Å². The predicted molar refractivity (Wildman–Crippen MR) is 138 cm³/mol. The lowest BCUT2D eigenvalue weighted by atomic mass is 9.43. The van der Waals surface area contributed by atoms with E-state index in [0.29, 0.717) is 25.9 Å². The van der Waals surface area contributed by atoms with Crippen LogP contribution in [0.2, 0.25) is 0 Å². The van der Waals surface area contributed by atoms with E-state index in [2.05, 4.69) is 6.92 Å². The third kappa shape index (κ3) is 5.41. The van der Waals surface area contributed by atoms with Crippen LogP contribution in [-0.4, -0.2) is 36.4 Å². The fourth-order valence-electron chi connectivity index (χ4n) is 7.48. The number of hydrogen-bond acceptors (Lipinski definition) is 8. The Balaban J connectivity index is 1.59. The highest BCUT2D eigenvalue weighted by atomic mass is 16.6. The van der Waals surface area contributed by atoms with Crippen molar-refractivity contribution in [3.8, 4) is 0 Å². The molecule has 7 atom stereocenters. The number of esters is 3. The van der Waals surface area contributed by atoms with Crippen molar-refractivity contribution in [2.24, 2.45) is 28.6 Å². The Labute approximate surface area is 225 Å². The van der Waals surface area contributed by atoms with Crippen molar-refractivity contribution < 1.29 is 37.8 Å². The van der Waals surface area contributed by atoms with Gasteiger partial charge in [-0.15, -0.1) is 0 Å². The topological polar surface area (TPSA) is 109 Å². The first-order chi connectivity index (χ1) is 18.1. The molecule has 38 heavy (non-hydrogen) atoms. The Hall–Kier alpha value is -2.64. The molecule has 2 saturated carbocycles. The average Bonchev–Trinajstić information content (AvgIpc) is 3.39. The average molecular weight is 531 g/mol. The van der Waals surface area contributed by atoms with Crippen LogP contribution in [0.4, 0.5) is 0 Å². The van der Waals surface area contributed by atoms with E-state index in [4.69, 9.17) is 18.6 Å².